The quantitative estimate of drug-likeness (QED) is 0.373. The summed E-state index contributed by atoms with van der Waals surface area (Å²) < 4.78 is 12.8. The van der Waals surface area contributed by atoms with Crippen LogP contribution in [0.15, 0.2) is 82.2 Å². The van der Waals surface area contributed by atoms with Crippen molar-refractivity contribution in [2.45, 2.75) is 19.9 Å². The number of nitrogens with zero attached hydrogens (tertiary/aromatic N) is 2. The molecule has 9 heteroatoms. The maximum atomic E-state index is 13.6. The first-order valence-corrected chi connectivity index (χ1v) is 12.0. The van der Waals surface area contributed by atoms with Crippen LogP contribution < -0.4 is 19.6 Å². The average molecular weight is 505 g/mol. The molecule has 0 fully saturated rings. The third-order valence-electron chi connectivity index (χ3n) is 5.54. The number of carbonyl (C=O) groups is 2. The summed E-state index contributed by atoms with van der Waals surface area (Å²) in [6.07, 6.45) is 3.33. The summed E-state index contributed by atoms with van der Waals surface area (Å²) in [7, 11) is 0. The first kappa shape index (κ1) is 24.9. The van der Waals surface area contributed by atoms with Crippen molar-refractivity contribution >= 4 is 29.4 Å². The Labute approximate surface area is 210 Å². The van der Waals surface area contributed by atoms with Crippen molar-refractivity contribution in [3.05, 3.63) is 109 Å². The molecule has 4 rings (SSSR count). The topological polar surface area (TPSA) is 107 Å². The summed E-state index contributed by atoms with van der Waals surface area (Å²) in [5.41, 5.74) is 1.99. The number of carboxylic acid groups (broad SMARTS) is 1. The van der Waals surface area contributed by atoms with E-state index in [1.54, 1.807) is 50.3 Å². The number of thiazole rings is 1. The Morgan fingerprint density at radius 1 is 1.17 bits per heavy atom. The fraction of sp³-hybridized carbons (Fsp3) is 0.185. The van der Waals surface area contributed by atoms with E-state index in [4.69, 9.17) is 14.6 Å². The highest BCUT2D eigenvalue weighted by molar-refractivity contribution is 7.07. The van der Waals surface area contributed by atoms with Gasteiger partial charge in [-0.05, 0) is 55.3 Å². The minimum atomic E-state index is -1.02. The molecular weight excluding hydrogens is 480 g/mol. The molecule has 3 aromatic rings. The van der Waals surface area contributed by atoms with Gasteiger partial charge < -0.3 is 14.6 Å². The molecule has 1 aromatic heterocycles. The molecule has 36 heavy (non-hydrogen) atoms. The fourth-order valence-corrected chi connectivity index (χ4v) is 4.93. The van der Waals surface area contributed by atoms with Crippen LogP contribution in [0.5, 0.6) is 5.75 Å². The van der Waals surface area contributed by atoms with Crippen LogP contribution in [-0.2, 0) is 9.53 Å². The van der Waals surface area contributed by atoms with Gasteiger partial charge >= 0.3 is 11.9 Å². The van der Waals surface area contributed by atoms with Gasteiger partial charge in [-0.3, -0.25) is 9.36 Å². The number of esters is 1. The Morgan fingerprint density at radius 3 is 2.47 bits per heavy atom. The van der Waals surface area contributed by atoms with E-state index >= 15 is 0 Å². The van der Waals surface area contributed by atoms with E-state index in [1.165, 1.54) is 28.0 Å². The predicted molar refractivity (Wildman–Crippen MR) is 136 cm³/mol. The number of benzene rings is 2. The van der Waals surface area contributed by atoms with Gasteiger partial charge in [-0.15, -0.1) is 0 Å². The van der Waals surface area contributed by atoms with Crippen LogP contribution in [0.1, 0.15) is 41.4 Å². The van der Waals surface area contributed by atoms with Gasteiger partial charge in [0.05, 0.1) is 34.0 Å². The van der Waals surface area contributed by atoms with Crippen LogP contribution in [0.4, 0.5) is 0 Å². The molecule has 0 spiro atoms. The molecule has 1 aliphatic rings. The smallest absolute Gasteiger partial charge is 0.338 e. The molecule has 1 N–H and O–H groups in total. The van der Waals surface area contributed by atoms with Gasteiger partial charge in [0.1, 0.15) is 12.4 Å². The SMILES string of the molecule is C=CCOc1ccc(C2C(C(=O)OCC)=C(C)N=c3sc(=Cc4ccc(C(=O)O)cc4)c(=O)n32)cc1. The molecule has 2 aromatic carbocycles. The lowest BCUT2D eigenvalue weighted by Crippen LogP contribution is -2.39. The van der Waals surface area contributed by atoms with Crippen molar-refractivity contribution < 1.29 is 24.2 Å². The van der Waals surface area contributed by atoms with Crippen molar-refractivity contribution in [1.29, 1.82) is 0 Å². The van der Waals surface area contributed by atoms with E-state index in [0.29, 0.717) is 44.1 Å². The fourth-order valence-electron chi connectivity index (χ4n) is 3.88. The highest BCUT2D eigenvalue weighted by Gasteiger charge is 2.33. The number of allylic oxidation sites excluding steroid dienone is 1. The molecule has 2 heterocycles. The molecule has 1 aliphatic heterocycles. The van der Waals surface area contributed by atoms with E-state index in [0.717, 1.165) is 0 Å². The largest absolute Gasteiger partial charge is 0.490 e. The minimum Gasteiger partial charge on any atom is -0.490 e. The summed E-state index contributed by atoms with van der Waals surface area (Å²) in [4.78, 5) is 42.7. The third-order valence-corrected chi connectivity index (χ3v) is 6.52. The normalized spacial score (nSPS) is 15.2. The second kappa shape index (κ2) is 10.6. The highest BCUT2D eigenvalue weighted by atomic mass is 32.1. The Morgan fingerprint density at radius 2 is 1.86 bits per heavy atom. The average Bonchev–Trinajstić information content (AvgIpc) is 3.16. The standard InChI is InChI=1S/C27H24N2O6S/c1-4-14-35-20-12-10-18(11-13-20)23-22(26(33)34-5-2)16(3)28-27-29(23)24(30)21(36-27)15-17-6-8-19(9-7-17)25(31)32/h4,6-13,15,23H,1,5,14H2,2-3H3,(H,31,32). The van der Waals surface area contributed by atoms with Gasteiger partial charge in [0, 0.05) is 0 Å². The minimum absolute atomic E-state index is 0.156. The zero-order valence-electron chi connectivity index (χ0n) is 19.8. The van der Waals surface area contributed by atoms with Crippen LogP contribution in [0.3, 0.4) is 0 Å². The molecule has 1 unspecified atom stereocenters. The molecule has 184 valence electrons. The van der Waals surface area contributed by atoms with Gasteiger partial charge in [-0.2, -0.15) is 0 Å². The lowest BCUT2D eigenvalue weighted by molar-refractivity contribution is -0.139. The van der Waals surface area contributed by atoms with Crippen LogP contribution in [0.2, 0.25) is 0 Å². The number of carbonyl (C=O) groups excluding carboxylic acids is 1. The van der Waals surface area contributed by atoms with Crippen molar-refractivity contribution in [1.82, 2.24) is 4.57 Å². The molecule has 0 radical (unpaired) electrons. The number of hydrogen-bond donors (Lipinski definition) is 1. The van der Waals surface area contributed by atoms with Crippen LogP contribution in [-0.4, -0.2) is 34.8 Å². The molecule has 0 bridgehead atoms. The second-order valence-electron chi connectivity index (χ2n) is 7.90. The number of ether oxygens (including phenoxy) is 2. The summed E-state index contributed by atoms with van der Waals surface area (Å²) in [5.74, 6) is -0.924. The Kier molecular flexibility index (Phi) is 7.30. The van der Waals surface area contributed by atoms with Crippen LogP contribution in [0, 0.1) is 0 Å². The summed E-state index contributed by atoms with van der Waals surface area (Å²) in [6, 6.07) is 12.7. The van der Waals surface area contributed by atoms with Gasteiger partial charge in [0.15, 0.2) is 4.80 Å². The summed E-state index contributed by atoms with van der Waals surface area (Å²) in [6.45, 7) is 7.63. The maximum Gasteiger partial charge on any atom is 0.338 e. The highest BCUT2D eigenvalue weighted by Crippen LogP contribution is 2.31. The van der Waals surface area contributed by atoms with Crippen molar-refractivity contribution in [3.63, 3.8) is 0 Å². The summed E-state index contributed by atoms with van der Waals surface area (Å²) >= 11 is 1.20. The van der Waals surface area contributed by atoms with Gasteiger partial charge in [-0.1, -0.05) is 48.3 Å². The lowest BCUT2D eigenvalue weighted by Gasteiger charge is -2.24. The third kappa shape index (κ3) is 4.92. The van der Waals surface area contributed by atoms with Crippen molar-refractivity contribution in [2.75, 3.05) is 13.2 Å². The van der Waals surface area contributed by atoms with Gasteiger partial charge in [0.25, 0.3) is 5.56 Å². The number of aromatic carboxylic acids is 1. The lowest BCUT2D eigenvalue weighted by atomic mass is 9.96. The number of carboxylic acids is 1. The molecule has 0 saturated heterocycles. The van der Waals surface area contributed by atoms with Gasteiger partial charge in [0.2, 0.25) is 0 Å². The summed E-state index contributed by atoms with van der Waals surface area (Å²) in [5, 5.41) is 9.12. The van der Waals surface area contributed by atoms with E-state index in [-0.39, 0.29) is 17.7 Å². The molecule has 1 atom stereocenters. The number of fused-ring (bicyclic) bond motifs is 1. The molecule has 8 nitrogen and oxygen atoms in total. The van der Waals surface area contributed by atoms with E-state index in [9.17, 15) is 14.4 Å². The monoisotopic (exact) mass is 504 g/mol. The van der Waals surface area contributed by atoms with E-state index in [1.807, 2.05) is 12.1 Å². The first-order valence-electron chi connectivity index (χ1n) is 11.2. The number of hydrogen-bond acceptors (Lipinski definition) is 7. The Balaban J connectivity index is 1.85. The van der Waals surface area contributed by atoms with Crippen LogP contribution in [0.25, 0.3) is 6.08 Å². The first-order chi connectivity index (χ1) is 17.3. The number of rotatable bonds is 8. The molecule has 0 saturated carbocycles. The van der Waals surface area contributed by atoms with E-state index < -0.39 is 18.0 Å². The zero-order valence-corrected chi connectivity index (χ0v) is 20.6. The Hall–Kier alpha value is -4.24. The maximum absolute atomic E-state index is 13.6. The van der Waals surface area contributed by atoms with E-state index in [2.05, 4.69) is 11.6 Å². The van der Waals surface area contributed by atoms with Gasteiger partial charge in [-0.25, -0.2) is 14.6 Å². The number of aromatic nitrogens is 1. The zero-order chi connectivity index (χ0) is 25.8. The Bertz CT molecular complexity index is 1530. The molecular formula is C27H24N2O6S. The van der Waals surface area contributed by atoms with Crippen LogP contribution >= 0.6 is 11.3 Å². The predicted octanol–water partition coefficient (Wildman–Crippen LogP) is 3.06. The molecule has 0 aliphatic carbocycles. The second-order valence-corrected chi connectivity index (χ2v) is 8.91. The molecule has 0 amide bonds. The van der Waals surface area contributed by atoms with Crippen molar-refractivity contribution in [2.24, 2.45) is 4.99 Å². The van der Waals surface area contributed by atoms with Crippen molar-refractivity contribution in [3.8, 4) is 5.75 Å².